The number of anilines is 1. The highest BCUT2D eigenvalue weighted by Gasteiger charge is 2.09. The van der Waals surface area contributed by atoms with Gasteiger partial charge in [0.25, 0.3) is 0 Å². The van der Waals surface area contributed by atoms with E-state index in [4.69, 9.17) is 5.73 Å². The van der Waals surface area contributed by atoms with Gasteiger partial charge >= 0.3 is 0 Å². The van der Waals surface area contributed by atoms with Gasteiger partial charge in [-0.15, -0.1) is 12.4 Å². The largest absolute Gasteiger partial charge is 0.369 e. The van der Waals surface area contributed by atoms with Gasteiger partial charge in [-0.25, -0.2) is 4.98 Å². The number of aromatic amines is 1. The number of amidine groups is 1. The minimum atomic E-state index is 0. The standard InChI is InChI=1S/C10H11N5.ClH/c11-10-14-7-2-1-6(5-8(7)15-10)9-12-3-4-13-9;/h1-2,5H,3-4H2,(H,12,13)(H3,11,14,15);1H. The SMILES string of the molecule is Cl.Nc1nc2ccc(C3=NCCN3)cc2[nH]1. The molecule has 2 aromatic rings. The molecule has 1 aromatic carbocycles. The average Bonchev–Trinajstić information content (AvgIpc) is 2.82. The molecule has 0 saturated heterocycles. The lowest BCUT2D eigenvalue weighted by Crippen LogP contribution is -2.19. The Hall–Kier alpha value is -1.75. The van der Waals surface area contributed by atoms with E-state index < -0.39 is 0 Å². The highest BCUT2D eigenvalue weighted by Crippen LogP contribution is 2.15. The zero-order valence-electron chi connectivity index (χ0n) is 8.53. The van der Waals surface area contributed by atoms with E-state index in [9.17, 15) is 0 Å². The van der Waals surface area contributed by atoms with Gasteiger partial charge < -0.3 is 16.0 Å². The molecule has 0 unspecified atom stereocenters. The van der Waals surface area contributed by atoms with E-state index in [1.54, 1.807) is 0 Å². The third-order valence-electron chi connectivity index (χ3n) is 2.45. The van der Waals surface area contributed by atoms with Crippen molar-refractivity contribution in [1.29, 1.82) is 0 Å². The Balaban J connectivity index is 0.000000963. The van der Waals surface area contributed by atoms with E-state index in [2.05, 4.69) is 20.3 Å². The molecule has 0 amide bonds. The maximum atomic E-state index is 5.58. The van der Waals surface area contributed by atoms with Crippen molar-refractivity contribution < 1.29 is 0 Å². The maximum absolute atomic E-state index is 5.58. The van der Waals surface area contributed by atoms with Gasteiger partial charge in [0.2, 0.25) is 0 Å². The molecule has 1 aliphatic rings. The van der Waals surface area contributed by atoms with E-state index >= 15 is 0 Å². The van der Waals surface area contributed by atoms with Crippen molar-refractivity contribution in [2.45, 2.75) is 0 Å². The summed E-state index contributed by atoms with van der Waals surface area (Å²) >= 11 is 0. The first-order valence-corrected chi connectivity index (χ1v) is 4.87. The monoisotopic (exact) mass is 237 g/mol. The van der Waals surface area contributed by atoms with Crippen LogP contribution in [-0.4, -0.2) is 28.9 Å². The highest BCUT2D eigenvalue weighted by molar-refractivity contribution is 6.02. The van der Waals surface area contributed by atoms with Gasteiger partial charge in [-0.2, -0.15) is 0 Å². The predicted molar refractivity (Wildman–Crippen MR) is 67.2 cm³/mol. The number of H-pyrrole nitrogens is 1. The van der Waals surface area contributed by atoms with Crippen LogP contribution in [0.5, 0.6) is 0 Å². The van der Waals surface area contributed by atoms with Gasteiger partial charge in [0.1, 0.15) is 5.84 Å². The molecule has 5 nitrogen and oxygen atoms in total. The van der Waals surface area contributed by atoms with Crippen LogP contribution in [0.25, 0.3) is 11.0 Å². The Labute approximate surface area is 98.6 Å². The molecule has 0 bridgehead atoms. The van der Waals surface area contributed by atoms with Gasteiger partial charge in [-0.05, 0) is 18.2 Å². The number of halogens is 1. The summed E-state index contributed by atoms with van der Waals surface area (Å²) in [5, 5.41) is 3.23. The summed E-state index contributed by atoms with van der Waals surface area (Å²) in [6.45, 7) is 1.76. The fraction of sp³-hybridized carbons (Fsp3) is 0.200. The molecule has 0 atom stereocenters. The van der Waals surface area contributed by atoms with E-state index in [-0.39, 0.29) is 12.4 Å². The second-order valence-electron chi connectivity index (χ2n) is 3.51. The summed E-state index contributed by atoms with van der Waals surface area (Å²) in [6.07, 6.45) is 0. The second-order valence-corrected chi connectivity index (χ2v) is 3.51. The molecular formula is C10H12ClN5. The van der Waals surface area contributed by atoms with Crippen molar-refractivity contribution in [3.8, 4) is 0 Å². The molecule has 0 radical (unpaired) electrons. The van der Waals surface area contributed by atoms with Crippen molar-refractivity contribution in [2.24, 2.45) is 4.99 Å². The molecule has 1 aromatic heterocycles. The zero-order valence-corrected chi connectivity index (χ0v) is 9.34. The molecule has 1 aliphatic heterocycles. The Morgan fingerprint density at radius 3 is 2.94 bits per heavy atom. The van der Waals surface area contributed by atoms with Crippen LogP contribution in [0.4, 0.5) is 5.95 Å². The highest BCUT2D eigenvalue weighted by atomic mass is 35.5. The fourth-order valence-electron chi connectivity index (χ4n) is 1.77. The number of aromatic nitrogens is 2. The summed E-state index contributed by atoms with van der Waals surface area (Å²) < 4.78 is 0. The summed E-state index contributed by atoms with van der Waals surface area (Å²) in [5.74, 6) is 1.40. The number of nitrogens with two attached hydrogens (primary N) is 1. The molecule has 0 spiro atoms. The van der Waals surface area contributed by atoms with Gasteiger partial charge in [0, 0.05) is 12.1 Å². The zero-order chi connectivity index (χ0) is 10.3. The number of hydrogen-bond acceptors (Lipinski definition) is 4. The lowest BCUT2D eigenvalue weighted by molar-refractivity contribution is 0.960. The number of nitrogens with one attached hydrogen (secondary N) is 2. The van der Waals surface area contributed by atoms with Crippen LogP contribution in [0.1, 0.15) is 5.56 Å². The second kappa shape index (κ2) is 4.02. The van der Waals surface area contributed by atoms with Crippen molar-refractivity contribution in [1.82, 2.24) is 15.3 Å². The molecule has 0 saturated carbocycles. The molecule has 2 heterocycles. The minimum absolute atomic E-state index is 0. The molecule has 4 N–H and O–H groups in total. The number of aliphatic imine (C=N–C) groups is 1. The minimum Gasteiger partial charge on any atom is -0.369 e. The molecule has 0 aliphatic carbocycles. The maximum Gasteiger partial charge on any atom is 0.198 e. The van der Waals surface area contributed by atoms with Gasteiger partial charge in [0.05, 0.1) is 17.6 Å². The number of fused-ring (bicyclic) bond motifs is 1. The number of benzene rings is 1. The summed E-state index contributed by atoms with van der Waals surface area (Å²) in [5.41, 5.74) is 8.48. The van der Waals surface area contributed by atoms with E-state index in [0.717, 1.165) is 35.5 Å². The first-order chi connectivity index (χ1) is 7.33. The Morgan fingerprint density at radius 2 is 2.19 bits per heavy atom. The summed E-state index contributed by atoms with van der Waals surface area (Å²) in [7, 11) is 0. The van der Waals surface area contributed by atoms with Crippen LogP contribution in [-0.2, 0) is 0 Å². The molecule has 0 fully saturated rings. The normalized spacial score (nSPS) is 14.4. The van der Waals surface area contributed by atoms with E-state index in [1.165, 1.54) is 0 Å². The number of nitrogen functional groups attached to an aromatic ring is 1. The van der Waals surface area contributed by atoms with Gasteiger partial charge in [-0.1, -0.05) is 0 Å². The number of rotatable bonds is 1. The third kappa shape index (κ3) is 1.69. The van der Waals surface area contributed by atoms with Crippen molar-refractivity contribution in [2.75, 3.05) is 18.8 Å². The number of imidazole rings is 1. The topological polar surface area (TPSA) is 79.1 Å². The Kier molecular flexibility index (Phi) is 2.70. The Morgan fingerprint density at radius 1 is 1.31 bits per heavy atom. The van der Waals surface area contributed by atoms with Gasteiger partial charge in [-0.3, -0.25) is 4.99 Å². The van der Waals surface area contributed by atoms with Crippen molar-refractivity contribution in [3.05, 3.63) is 23.8 Å². The fourth-order valence-corrected chi connectivity index (χ4v) is 1.77. The van der Waals surface area contributed by atoms with Crippen LogP contribution in [0.2, 0.25) is 0 Å². The smallest absolute Gasteiger partial charge is 0.198 e. The van der Waals surface area contributed by atoms with Crippen LogP contribution in [0, 0.1) is 0 Å². The number of nitrogens with zero attached hydrogens (tertiary/aromatic N) is 2. The van der Waals surface area contributed by atoms with E-state index in [1.807, 2.05) is 18.2 Å². The lowest BCUT2D eigenvalue weighted by atomic mass is 10.2. The van der Waals surface area contributed by atoms with Gasteiger partial charge in [0.15, 0.2) is 5.95 Å². The van der Waals surface area contributed by atoms with Crippen LogP contribution in [0.3, 0.4) is 0 Å². The van der Waals surface area contributed by atoms with Crippen LogP contribution < -0.4 is 11.1 Å². The molecule has 16 heavy (non-hydrogen) atoms. The quantitative estimate of drug-likeness (QED) is 0.690. The van der Waals surface area contributed by atoms with Crippen molar-refractivity contribution in [3.63, 3.8) is 0 Å². The lowest BCUT2D eigenvalue weighted by Gasteiger charge is -2.01. The molecular weight excluding hydrogens is 226 g/mol. The first kappa shape index (κ1) is 10.8. The number of hydrogen-bond donors (Lipinski definition) is 3. The summed E-state index contributed by atoms with van der Waals surface area (Å²) in [4.78, 5) is 11.5. The first-order valence-electron chi connectivity index (χ1n) is 4.87. The average molecular weight is 238 g/mol. The molecule has 84 valence electrons. The van der Waals surface area contributed by atoms with Crippen molar-refractivity contribution >= 4 is 35.2 Å². The third-order valence-corrected chi connectivity index (χ3v) is 2.45. The predicted octanol–water partition coefficient (Wildman–Crippen LogP) is 0.917. The van der Waals surface area contributed by atoms with E-state index in [0.29, 0.717) is 5.95 Å². The summed E-state index contributed by atoms with van der Waals surface area (Å²) in [6, 6.07) is 5.95. The van der Waals surface area contributed by atoms with Crippen LogP contribution >= 0.6 is 12.4 Å². The molecule has 3 rings (SSSR count). The Bertz CT molecular complexity index is 545. The van der Waals surface area contributed by atoms with Crippen LogP contribution in [0.15, 0.2) is 23.2 Å². The molecule has 6 heteroatoms.